The Balaban J connectivity index is 1.81. The third kappa shape index (κ3) is 3.33. The number of hydrogen-bond donors (Lipinski definition) is 1. The maximum atomic E-state index is 12.5. The molecule has 1 N–H and O–H groups in total. The third-order valence-corrected chi connectivity index (χ3v) is 3.73. The predicted molar refractivity (Wildman–Crippen MR) is 84.6 cm³/mol. The lowest BCUT2D eigenvalue weighted by Gasteiger charge is -2.15. The first kappa shape index (κ1) is 16.3. The van der Waals surface area contributed by atoms with Gasteiger partial charge in [-0.2, -0.15) is 0 Å². The zero-order valence-electron chi connectivity index (χ0n) is 13.8. The van der Waals surface area contributed by atoms with E-state index in [2.05, 4.69) is 15.5 Å². The molecule has 8 heteroatoms. The second kappa shape index (κ2) is 6.88. The number of nitrogens with zero attached hydrogens (tertiary/aromatic N) is 2. The molecule has 1 saturated heterocycles. The summed E-state index contributed by atoms with van der Waals surface area (Å²) >= 11 is 0. The standard InChI is InChI=1S/C16H19N3O5/c1-9-14(10(2)24-19-9)18-15(20)11-6-13(16(21-3)17-7-11)23-12-4-5-22-8-12/h6-7,12H,4-5,8H2,1-3H3,(H,18,20). The highest BCUT2D eigenvalue weighted by atomic mass is 16.6. The van der Waals surface area contributed by atoms with Gasteiger partial charge in [0.15, 0.2) is 11.5 Å². The number of carbonyl (C=O) groups is 1. The van der Waals surface area contributed by atoms with E-state index in [9.17, 15) is 4.79 Å². The molecule has 0 radical (unpaired) electrons. The fourth-order valence-electron chi connectivity index (χ4n) is 2.43. The predicted octanol–water partition coefficient (Wildman–Crippen LogP) is 2.12. The van der Waals surface area contributed by atoms with Gasteiger partial charge in [-0.05, 0) is 13.8 Å². The molecule has 24 heavy (non-hydrogen) atoms. The van der Waals surface area contributed by atoms with Gasteiger partial charge in [-0.3, -0.25) is 4.79 Å². The number of nitrogens with one attached hydrogen (secondary N) is 1. The molecule has 8 nitrogen and oxygen atoms in total. The van der Waals surface area contributed by atoms with Crippen LogP contribution in [0, 0.1) is 13.8 Å². The van der Waals surface area contributed by atoms with Crippen molar-refractivity contribution in [3.63, 3.8) is 0 Å². The van der Waals surface area contributed by atoms with E-state index in [4.69, 9.17) is 18.7 Å². The molecule has 3 heterocycles. The van der Waals surface area contributed by atoms with E-state index in [1.54, 1.807) is 19.9 Å². The number of ether oxygens (including phenoxy) is 3. The summed E-state index contributed by atoms with van der Waals surface area (Å²) in [7, 11) is 1.50. The molecule has 1 atom stereocenters. The van der Waals surface area contributed by atoms with Crippen molar-refractivity contribution in [2.24, 2.45) is 0 Å². The number of rotatable bonds is 5. The number of anilines is 1. The van der Waals surface area contributed by atoms with Gasteiger partial charge >= 0.3 is 0 Å². The number of hydrogen-bond acceptors (Lipinski definition) is 7. The van der Waals surface area contributed by atoms with E-state index in [1.807, 2.05) is 0 Å². The van der Waals surface area contributed by atoms with Crippen LogP contribution in [0.25, 0.3) is 0 Å². The number of carbonyl (C=O) groups excluding carboxylic acids is 1. The van der Waals surface area contributed by atoms with Crippen LogP contribution in [0.1, 0.15) is 28.2 Å². The van der Waals surface area contributed by atoms with Gasteiger partial charge in [-0.15, -0.1) is 0 Å². The molecule has 2 aromatic heterocycles. The average Bonchev–Trinajstić information content (AvgIpc) is 3.20. The van der Waals surface area contributed by atoms with E-state index in [1.165, 1.54) is 13.3 Å². The van der Waals surface area contributed by atoms with E-state index >= 15 is 0 Å². The first-order valence-corrected chi connectivity index (χ1v) is 7.61. The van der Waals surface area contributed by atoms with Gasteiger partial charge in [0.1, 0.15) is 17.5 Å². The van der Waals surface area contributed by atoms with Crippen molar-refractivity contribution in [2.75, 3.05) is 25.6 Å². The summed E-state index contributed by atoms with van der Waals surface area (Å²) in [5.41, 5.74) is 1.52. The van der Waals surface area contributed by atoms with E-state index in [0.29, 0.717) is 47.5 Å². The van der Waals surface area contributed by atoms with E-state index in [-0.39, 0.29) is 12.0 Å². The van der Waals surface area contributed by atoms with Crippen molar-refractivity contribution in [2.45, 2.75) is 26.4 Å². The smallest absolute Gasteiger partial charge is 0.257 e. The molecular weight excluding hydrogens is 314 g/mol. The monoisotopic (exact) mass is 333 g/mol. The molecule has 0 aliphatic carbocycles. The Kier molecular flexibility index (Phi) is 4.66. The van der Waals surface area contributed by atoms with Crippen molar-refractivity contribution in [3.05, 3.63) is 29.3 Å². The summed E-state index contributed by atoms with van der Waals surface area (Å²) in [5, 5.41) is 6.59. The zero-order valence-corrected chi connectivity index (χ0v) is 13.8. The Morgan fingerprint density at radius 1 is 1.42 bits per heavy atom. The van der Waals surface area contributed by atoms with Crippen molar-refractivity contribution >= 4 is 11.6 Å². The van der Waals surface area contributed by atoms with Gasteiger partial charge in [0.2, 0.25) is 0 Å². The topological polar surface area (TPSA) is 95.7 Å². The number of methoxy groups -OCH3 is 1. The van der Waals surface area contributed by atoms with Crippen LogP contribution in [0.3, 0.4) is 0 Å². The summed E-state index contributed by atoms with van der Waals surface area (Å²) < 4.78 is 21.4. The molecule has 1 amide bonds. The van der Waals surface area contributed by atoms with Crippen LogP contribution in [0.4, 0.5) is 5.69 Å². The second-order valence-corrected chi connectivity index (χ2v) is 5.49. The highest BCUT2D eigenvalue weighted by Crippen LogP contribution is 2.28. The van der Waals surface area contributed by atoms with Crippen LogP contribution >= 0.6 is 0 Å². The van der Waals surface area contributed by atoms with Crippen LogP contribution in [0.15, 0.2) is 16.8 Å². The van der Waals surface area contributed by atoms with Crippen LogP contribution in [-0.4, -0.2) is 42.5 Å². The Labute approximate surface area is 139 Å². The lowest BCUT2D eigenvalue weighted by atomic mass is 10.2. The Hall–Kier alpha value is -2.61. The lowest BCUT2D eigenvalue weighted by molar-refractivity contribution is 0.102. The molecule has 0 spiro atoms. The Morgan fingerprint density at radius 2 is 2.25 bits per heavy atom. The first-order valence-electron chi connectivity index (χ1n) is 7.61. The summed E-state index contributed by atoms with van der Waals surface area (Å²) in [5.74, 6) is 0.962. The van der Waals surface area contributed by atoms with E-state index in [0.717, 1.165) is 6.42 Å². The van der Waals surface area contributed by atoms with Gasteiger partial charge in [0.25, 0.3) is 11.8 Å². The van der Waals surface area contributed by atoms with Crippen molar-refractivity contribution < 1.29 is 23.5 Å². The van der Waals surface area contributed by atoms with Crippen LogP contribution in [0.5, 0.6) is 11.6 Å². The summed E-state index contributed by atoms with van der Waals surface area (Å²) in [4.78, 5) is 16.6. The van der Waals surface area contributed by atoms with Gasteiger partial charge in [0, 0.05) is 18.7 Å². The fraction of sp³-hybridized carbons (Fsp3) is 0.438. The van der Waals surface area contributed by atoms with Crippen molar-refractivity contribution in [1.29, 1.82) is 0 Å². The Bertz CT molecular complexity index is 718. The highest BCUT2D eigenvalue weighted by Gasteiger charge is 2.21. The molecule has 0 aromatic carbocycles. The largest absolute Gasteiger partial charge is 0.482 e. The number of amides is 1. The molecule has 1 fully saturated rings. The number of aryl methyl sites for hydroxylation is 2. The van der Waals surface area contributed by atoms with Crippen molar-refractivity contribution in [3.8, 4) is 11.6 Å². The minimum atomic E-state index is -0.327. The lowest BCUT2D eigenvalue weighted by Crippen LogP contribution is -2.18. The molecule has 3 rings (SSSR count). The van der Waals surface area contributed by atoms with Gasteiger partial charge < -0.3 is 24.1 Å². The quantitative estimate of drug-likeness (QED) is 0.895. The fourth-order valence-corrected chi connectivity index (χ4v) is 2.43. The van der Waals surface area contributed by atoms with E-state index < -0.39 is 0 Å². The zero-order chi connectivity index (χ0) is 17.1. The molecule has 0 bridgehead atoms. The summed E-state index contributed by atoms with van der Waals surface area (Å²) in [6.07, 6.45) is 2.16. The van der Waals surface area contributed by atoms with Crippen LogP contribution in [-0.2, 0) is 4.74 Å². The molecule has 2 aromatic rings. The number of aromatic nitrogens is 2. The highest BCUT2D eigenvalue weighted by molar-refractivity contribution is 6.04. The molecule has 128 valence electrons. The van der Waals surface area contributed by atoms with Gasteiger partial charge in [0.05, 0.1) is 25.9 Å². The summed E-state index contributed by atoms with van der Waals surface area (Å²) in [6, 6.07) is 1.61. The van der Waals surface area contributed by atoms with Crippen LogP contribution < -0.4 is 14.8 Å². The third-order valence-electron chi connectivity index (χ3n) is 3.73. The normalized spacial score (nSPS) is 16.9. The number of pyridine rings is 1. The molecule has 0 saturated carbocycles. The average molecular weight is 333 g/mol. The van der Waals surface area contributed by atoms with Gasteiger partial charge in [-0.1, -0.05) is 5.16 Å². The van der Waals surface area contributed by atoms with Gasteiger partial charge in [-0.25, -0.2) is 4.98 Å². The molecule has 1 aliphatic heterocycles. The Morgan fingerprint density at radius 3 is 2.88 bits per heavy atom. The van der Waals surface area contributed by atoms with Crippen LogP contribution in [0.2, 0.25) is 0 Å². The van der Waals surface area contributed by atoms with Crippen molar-refractivity contribution in [1.82, 2.24) is 10.1 Å². The maximum absolute atomic E-state index is 12.5. The minimum absolute atomic E-state index is 0.0680. The summed E-state index contributed by atoms with van der Waals surface area (Å²) in [6.45, 7) is 4.66. The second-order valence-electron chi connectivity index (χ2n) is 5.49. The molecule has 1 aliphatic rings. The maximum Gasteiger partial charge on any atom is 0.257 e. The minimum Gasteiger partial charge on any atom is -0.482 e. The SMILES string of the molecule is COc1ncc(C(=O)Nc2c(C)noc2C)cc1OC1CCOC1. The first-order chi connectivity index (χ1) is 11.6. The molecule has 1 unspecified atom stereocenters. The molecular formula is C16H19N3O5.